The van der Waals surface area contributed by atoms with Gasteiger partial charge in [-0.3, -0.25) is 9.69 Å². The Bertz CT molecular complexity index is 477. The van der Waals surface area contributed by atoms with E-state index in [1.165, 1.54) is 0 Å². The van der Waals surface area contributed by atoms with Crippen molar-refractivity contribution in [3.63, 3.8) is 0 Å². The van der Waals surface area contributed by atoms with E-state index in [0.717, 1.165) is 5.56 Å². The van der Waals surface area contributed by atoms with Crippen molar-refractivity contribution in [2.75, 3.05) is 26.2 Å². The van der Waals surface area contributed by atoms with Crippen LogP contribution in [-0.2, 0) is 11.2 Å². The highest BCUT2D eigenvalue weighted by atomic mass is 19.3. The van der Waals surface area contributed by atoms with Crippen LogP contribution < -0.4 is 5.32 Å². The largest absolute Gasteiger partial charge is 0.394 e. The molecule has 1 atom stereocenters. The van der Waals surface area contributed by atoms with Gasteiger partial charge in [-0.1, -0.05) is 30.3 Å². The number of likely N-dealkylation sites (tertiary alicyclic amines) is 1. The average Bonchev–Trinajstić information content (AvgIpc) is 2.55. The number of carbonyl (C=O) groups is 1. The van der Waals surface area contributed by atoms with Gasteiger partial charge >= 0.3 is 0 Å². The minimum Gasteiger partial charge on any atom is -0.394 e. The molecule has 4 nitrogen and oxygen atoms in total. The molecule has 23 heavy (non-hydrogen) atoms. The molecule has 128 valence electrons. The lowest BCUT2D eigenvalue weighted by Gasteiger charge is -2.31. The highest BCUT2D eigenvalue weighted by Gasteiger charge is 2.27. The molecule has 0 aliphatic carbocycles. The Morgan fingerprint density at radius 1 is 1.26 bits per heavy atom. The van der Waals surface area contributed by atoms with E-state index in [9.17, 15) is 18.7 Å². The summed E-state index contributed by atoms with van der Waals surface area (Å²) in [5, 5.41) is 12.4. The van der Waals surface area contributed by atoms with Crippen molar-refractivity contribution in [1.82, 2.24) is 10.2 Å². The number of benzene rings is 1. The number of hydrogen-bond donors (Lipinski definition) is 2. The van der Waals surface area contributed by atoms with Crippen molar-refractivity contribution in [1.29, 1.82) is 0 Å². The first-order chi connectivity index (χ1) is 11.1. The minimum absolute atomic E-state index is 0.0864. The van der Waals surface area contributed by atoms with Crippen LogP contribution in [0.4, 0.5) is 8.78 Å². The van der Waals surface area contributed by atoms with Gasteiger partial charge in [-0.25, -0.2) is 8.78 Å². The molecule has 6 heteroatoms. The van der Waals surface area contributed by atoms with Gasteiger partial charge in [0.05, 0.1) is 19.2 Å². The number of piperidine rings is 1. The van der Waals surface area contributed by atoms with Crippen LogP contribution in [0.5, 0.6) is 0 Å². The molecule has 1 unspecified atom stereocenters. The molecule has 1 amide bonds. The lowest BCUT2D eigenvalue weighted by atomic mass is 9.95. The van der Waals surface area contributed by atoms with Crippen LogP contribution in [-0.4, -0.2) is 54.6 Å². The lowest BCUT2D eigenvalue weighted by molar-refractivity contribution is -0.127. The smallest absolute Gasteiger partial charge is 0.251 e. The minimum atomic E-state index is -2.33. The van der Waals surface area contributed by atoms with Gasteiger partial charge < -0.3 is 10.4 Å². The Kier molecular flexibility index (Phi) is 6.92. The summed E-state index contributed by atoms with van der Waals surface area (Å²) in [5.74, 6) is -0.245. The zero-order valence-electron chi connectivity index (χ0n) is 13.1. The number of carbonyl (C=O) groups excluding carboxylic acids is 1. The lowest BCUT2D eigenvalue weighted by Crippen LogP contribution is -2.46. The summed E-state index contributed by atoms with van der Waals surface area (Å²) in [7, 11) is 0. The van der Waals surface area contributed by atoms with Crippen LogP contribution in [0.1, 0.15) is 18.4 Å². The number of rotatable bonds is 7. The van der Waals surface area contributed by atoms with Gasteiger partial charge in [-0.2, -0.15) is 0 Å². The van der Waals surface area contributed by atoms with Gasteiger partial charge in [0, 0.05) is 5.92 Å². The maximum absolute atomic E-state index is 12.4. The monoisotopic (exact) mass is 326 g/mol. The van der Waals surface area contributed by atoms with E-state index in [1.807, 2.05) is 30.3 Å². The summed E-state index contributed by atoms with van der Waals surface area (Å²) in [6, 6.07) is 9.36. The van der Waals surface area contributed by atoms with Gasteiger partial charge in [0.2, 0.25) is 5.91 Å². The summed E-state index contributed by atoms with van der Waals surface area (Å²) in [5.41, 5.74) is 1.05. The van der Waals surface area contributed by atoms with E-state index in [4.69, 9.17) is 0 Å². The van der Waals surface area contributed by atoms with Gasteiger partial charge in [0.1, 0.15) is 0 Å². The van der Waals surface area contributed by atoms with E-state index in [1.54, 1.807) is 4.90 Å². The number of nitrogens with one attached hydrogen (secondary N) is 1. The molecular formula is C17H24F2N2O2. The number of hydrogen-bond acceptors (Lipinski definition) is 3. The van der Waals surface area contributed by atoms with E-state index in [-0.39, 0.29) is 31.0 Å². The average molecular weight is 326 g/mol. The van der Waals surface area contributed by atoms with E-state index in [2.05, 4.69) is 5.32 Å². The van der Waals surface area contributed by atoms with Crippen LogP contribution in [0.25, 0.3) is 0 Å². The highest BCUT2D eigenvalue weighted by molar-refractivity contribution is 5.79. The third kappa shape index (κ3) is 5.88. The van der Waals surface area contributed by atoms with Crippen molar-refractivity contribution in [3.8, 4) is 0 Å². The third-order valence-corrected chi connectivity index (χ3v) is 4.25. The predicted molar refractivity (Wildman–Crippen MR) is 84.3 cm³/mol. The molecule has 2 N–H and O–H groups in total. The second kappa shape index (κ2) is 8.93. The van der Waals surface area contributed by atoms with Crippen molar-refractivity contribution >= 4 is 5.91 Å². The van der Waals surface area contributed by atoms with E-state index in [0.29, 0.717) is 32.4 Å². The molecule has 1 heterocycles. The maximum Gasteiger partial charge on any atom is 0.251 e. The quantitative estimate of drug-likeness (QED) is 0.802. The number of nitrogens with zero attached hydrogens (tertiary/aromatic N) is 1. The fourth-order valence-electron chi connectivity index (χ4n) is 2.95. The number of alkyl halides is 2. The normalized spacial score (nSPS) is 18.1. The first kappa shape index (κ1) is 17.8. The fraction of sp³-hybridized carbons (Fsp3) is 0.588. The van der Waals surface area contributed by atoms with E-state index < -0.39 is 6.43 Å². The number of amides is 1. The van der Waals surface area contributed by atoms with Gasteiger partial charge in [0.15, 0.2) is 0 Å². The summed E-state index contributed by atoms with van der Waals surface area (Å²) < 4.78 is 24.7. The van der Waals surface area contributed by atoms with Crippen LogP contribution in [0, 0.1) is 5.92 Å². The van der Waals surface area contributed by atoms with Crippen molar-refractivity contribution in [2.45, 2.75) is 31.7 Å². The van der Waals surface area contributed by atoms with Crippen LogP contribution in [0.15, 0.2) is 30.3 Å². The zero-order chi connectivity index (χ0) is 16.7. The number of aliphatic hydroxyl groups excluding tert-OH is 1. The maximum atomic E-state index is 12.4. The summed E-state index contributed by atoms with van der Waals surface area (Å²) in [4.78, 5) is 14.0. The van der Waals surface area contributed by atoms with Crippen LogP contribution in [0.2, 0.25) is 0 Å². The molecule has 1 saturated heterocycles. The molecule has 1 aromatic rings. The Labute approximate surface area is 135 Å². The Hall–Kier alpha value is -1.53. The molecule has 0 aromatic heterocycles. The molecule has 0 radical (unpaired) electrons. The number of aliphatic hydroxyl groups is 1. The van der Waals surface area contributed by atoms with Crippen LogP contribution >= 0.6 is 0 Å². The summed E-state index contributed by atoms with van der Waals surface area (Å²) in [6.45, 7) is 0.697. The first-order valence-corrected chi connectivity index (χ1v) is 8.04. The van der Waals surface area contributed by atoms with Gasteiger partial charge in [-0.05, 0) is 37.9 Å². The summed E-state index contributed by atoms with van der Waals surface area (Å²) >= 11 is 0. The summed E-state index contributed by atoms with van der Waals surface area (Å²) in [6.07, 6.45) is -0.581. The number of halogens is 2. The Morgan fingerprint density at radius 3 is 2.48 bits per heavy atom. The van der Waals surface area contributed by atoms with Crippen LogP contribution in [0.3, 0.4) is 0 Å². The molecule has 1 aliphatic heterocycles. The SMILES string of the molecule is O=C(NC(CO)Cc1ccccc1)C1CCN(CC(F)F)CC1. The highest BCUT2D eigenvalue weighted by Crippen LogP contribution is 2.18. The van der Waals surface area contributed by atoms with Gasteiger partial charge in [-0.15, -0.1) is 0 Å². The van der Waals surface area contributed by atoms with Gasteiger partial charge in [0.25, 0.3) is 6.43 Å². The third-order valence-electron chi connectivity index (χ3n) is 4.25. The van der Waals surface area contributed by atoms with E-state index >= 15 is 0 Å². The molecule has 0 spiro atoms. The standard InChI is InChI=1S/C17H24F2N2O2/c18-16(19)11-21-8-6-14(7-9-21)17(23)20-15(12-22)10-13-4-2-1-3-5-13/h1-5,14-16,22H,6-12H2,(H,20,23). The topological polar surface area (TPSA) is 52.6 Å². The molecule has 1 fully saturated rings. The molecule has 1 aromatic carbocycles. The molecule has 0 saturated carbocycles. The predicted octanol–water partition coefficient (Wildman–Crippen LogP) is 1.68. The Balaban J connectivity index is 1.79. The molecule has 1 aliphatic rings. The Morgan fingerprint density at radius 2 is 1.91 bits per heavy atom. The van der Waals surface area contributed by atoms with Crippen molar-refractivity contribution < 1.29 is 18.7 Å². The fourth-order valence-corrected chi connectivity index (χ4v) is 2.95. The zero-order valence-corrected chi connectivity index (χ0v) is 13.1. The second-order valence-electron chi connectivity index (χ2n) is 6.04. The van der Waals surface area contributed by atoms with Crippen molar-refractivity contribution in [2.24, 2.45) is 5.92 Å². The van der Waals surface area contributed by atoms with Crippen molar-refractivity contribution in [3.05, 3.63) is 35.9 Å². The molecule has 0 bridgehead atoms. The second-order valence-corrected chi connectivity index (χ2v) is 6.04. The first-order valence-electron chi connectivity index (χ1n) is 8.04. The molecule has 2 rings (SSSR count). The molecular weight excluding hydrogens is 302 g/mol.